The highest BCUT2D eigenvalue weighted by atomic mass is 35.5. The maximum atomic E-state index is 12.1. The molecule has 1 atom stereocenters. The van der Waals surface area contributed by atoms with Crippen molar-refractivity contribution < 1.29 is 14.3 Å². The fourth-order valence-electron chi connectivity index (χ4n) is 2.49. The average Bonchev–Trinajstić information content (AvgIpc) is 2.88. The molecule has 1 heterocycles. The van der Waals surface area contributed by atoms with E-state index < -0.39 is 5.60 Å². The largest absolute Gasteiger partial charge is 0.493 e. The summed E-state index contributed by atoms with van der Waals surface area (Å²) in [5.41, 5.74) is 6.79. The van der Waals surface area contributed by atoms with Crippen molar-refractivity contribution in [1.29, 1.82) is 0 Å². The van der Waals surface area contributed by atoms with Crippen molar-refractivity contribution in [3.05, 3.63) is 22.7 Å². The first-order chi connectivity index (χ1) is 10.7. The van der Waals surface area contributed by atoms with Crippen molar-refractivity contribution in [2.24, 2.45) is 5.92 Å². The van der Waals surface area contributed by atoms with Crippen LogP contribution in [-0.2, 0) is 4.74 Å². The molecule has 1 aromatic rings. The van der Waals surface area contributed by atoms with Gasteiger partial charge in [0.15, 0.2) is 0 Å². The Kier molecular flexibility index (Phi) is 5.30. The van der Waals surface area contributed by atoms with Crippen LogP contribution in [0.2, 0.25) is 5.02 Å². The van der Waals surface area contributed by atoms with Crippen LogP contribution in [0.5, 0.6) is 5.75 Å². The van der Waals surface area contributed by atoms with E-state index >= 15 is 0 Å². The summed E-state index contributed by atoms with van der Waals surface area (Å²) in [5, 5.41) is 0.599. The number of hydrogen-bond donors (Lipinski definition) is 1. The smallest absolute Gasteiger partial charge is 0.410 e. The van der Waals surface area contributed by atoms with Gasteiger partial charge in [0.25, 0.3) is 0 Å². The number of nitrogens with zero attached hydrogens (tertiary/aromatic N) is 1. The van der Waals surface area contributed by atoms with Crippen LogP contribution in [0.25, 0.3) is 0 Å². The summed E-state index contributed by atoms with van der Waals surface area (Å²) in [4.78, 5) is 13.8. The number of nitrogen functional groups attached to an aromatic ring is 1. The van der Waals surface area contributed by atoms with Gasteiger partial charge in [0.2, 0.25) is 0 Å². The van der Waals surface area contributed by atoms with Crippen molar-refractivity contribution in [3.8, 4) is 5.75 Å². The molecule has 0 saturated carbocycles. The molecule has 5 nitrogen and oxygen atoms in total. The van der Waals surface area contributed by atoms with Gasteiger partial charge in [0.05, 0.1) is 6.61 Å². The van der Waals surface area contributed by atoms with Crippen LogP contribution in [0.4, 0.5) is 10.5 Å². The lowest BCUT2D eigenvalue weighted by Crippen LogP contribution is -2.35. The maximum Gasteiger partial charge on any atom is 0.410 e. The van der Waals surface area contributed by atoms with Crippen LogP contribution in [0, 0.1) is 12.8 Å². The highest BCUT2D eigenvalue weighted by Gasteiger charge is 2.30. The van der Waals surface area contributed by atoms with Crippen LogP contribution in [-0.4, -0.2) is 36.3 Å². The van der Waals surface area contributed by atoms with Crippen molar-refractivity contribution >= 4 is 23.4 Å². The molecular weight excluding hydrogens is 316 g/mol. The summed E-state index contributed by atoms with van der Waals surface area (Å²) in [5.74, 6) is 0.979. The fraction of sp³-hybridized carbons (Fsp3) is 0.588. The van der Waals surface area contributed by atoms with E-state index in [9.17, 15) is 4.79 Å². The zero-order chi connectivity index (χ0) is 17.2. The third-order valence-corrected chi connectivity index (χ3v) is 4.12. The summed E-state index contributed by atoms with van der Waals surface area (Å²) in [6.45, 7) is 9.37. The molecule has 23 heavy (non-hydrogen) atoms. The molecule has 1 fully saturated rings. The molecule has 1 unspecified atom stereocenters. The van der Waals surface area contributed by atoms with Gasteiger partial charge in [0.1, 0.15) is 11.4 Å². The number of likely N-dealkylation sites (tertiary alicyclic amines) is 1. The van der Waals surface area contributed by atoms with E-state index in [1.165, 1.54) is 0 Å². The van der Waals surface area contributed by atoms with E-state index in [4.69, 9.17) is 26.8 Å². The predicted octanol–water partition coefficient (Wildman–Crippen LogP) is 3.87. The molecule has 1 aromatic carbocycles. The van der Waals surface area contributed by atoms with Crippen molar-refractivity contribution in [3.63, 3.8) is 0 Å². The highest BCUT2D eigenvalue weighted by molar-refractivity contribution is 6.31. The van der Waals surface area contributed by atoms with Crippen molar-refractivity contribution in [2.75, 3.05) is 25.4 Å². The fourth-order valence-corrected chi connectivity index (χ4v) is 2.71. The Morgan fingerprint density at radius 1 is 1.43 bits per heavy atom. The molecular formula is C17H25ClN2O3. The summed E-state index contributed by atoms with van der Waals surface area (Å²) in [6, 6.07) is 3.49. The monoisotopic (exact) mass is 340 g/mol. The molecule has 1 amide bonds. The standard InChI is InChI=1S/C17H25ClN2O3/c1-11-14(18)7-13(19)8-15(11)22-10-12-5-6-20(9-12)16(21)23-17(2,3)4/h7-8,12H,5-6,9-10,19H2,1-4H3. The SMILES string of the molecule is Cc1c(Cl)cc(N)cc1OCC1CCN(C(=O)OC(C)(C)C)C1. The lowest BCUT2D eigenvalue weighted by atomic mass is 10.1. The van der Waals surface area contributed by atoms with E-state index in [0.717, 1.165) is 12.0 Å². The van der Waals surface area contributed by atoms with E-state index in [1.807, 2.05) is 27.7 Å². The second-order valence-electron chi connectivity index (χ2n) is 7.02. The average molecular weight is 341 g/mol. The first-order valence-electron chi connectivity index (χ1n) is 7.82. The number of nitrogens with two attached hydrogens (primary N) is 1. The Hall–Kier alpha value is -1.62. The number of carbonyl (C=O) groups excluding carboxylic acids is 1. The maximum absolute atomic E-state index is 12.1. The Balaban J connectivity index is 1.88. The highest BCUT2D eigenvalue weighted by Crippen LogP contribution is 2.30. The van der Waals surface area contributed by atoms with Gasteiger partial charge in [-0.15, -0.1) is 0 Å². The second-order valence-corrected chi connectivity index (χ2v) is 7.43. The van der Waals surface area contributed by atoms with E-state index in [1.54, 1.807) is 17.0 Å². The first kappa shape index (κ1) is 17.7. The second kappa shape index (κ2) is 6.87. The minimum absolute atomic E-state index is 0.261. The van der Waals surface area contributed by atoms with Crippen LogP contribution < -0.4 is 10.5 Å². The lowest BCUT2D eigenvalue weighted by Gasteiger charge is -2.24. The van der Waals surface area contributed by atoms with E-state index in [-0.39, 0.29) is 12.0 Å². The number of carbonyl (C=O) groups is 1. The molecule has 0 aromatic heterocycles. The first-order valence-corrected chi connectivity index (χ1v) is 8.20. The van der Waals surface area contributed by atoms with Gasteiger partial charge in [-0.05, 0) is 40.2 Å². The summed E-state index contributed by atoms with van der Waals surface area (Å²) < 4.78 is 11.3. The van der Waals surface area contributed by atoms with Crippen LogP contribution >= 0.6 is 11.6 Å². The van der Waals surface area contributed by atoms with Gasteiger partial charge >= 0.3 is 6.09 Å². The van der Waals surface area contributed by atoms with E-state index in [0.29, 0.717) is 36.2 Å². The molecule has 2 rings (SSSR count). The molecule has 128 valence electrons. The molecule has 0 aliphatic carbocycles. The van der Waals surface area contributed by atoms with Gasteiger partial charge in [-0.3, -0.25) is 0 Å². The van der Waals surface area contributed by atoms with Gasteiger partial charge in [0, 0.05) is 41.3 Å². The van der Waals surface area contributed by atoms with Gasteiger partial charge in [-0.25, -0.2) is 4.79 Å². The Bertz CT molecular complexity index is 584. The summed E-state index contributed by atoms with van der Waals surface area (Å²) in [6.07, 6.45) is 0.636. The minimum atomic E-state index is -0.471. The van der Waals surface area contributed by atoms with Crippen LogP contribution in [0.1, 0.15) is 32.8 Å². The summed E-state index contributed by atoms with van der Waals surface area (Å²) >= 11 is 6.11. The van der Waals surface area contributed by atoms with Gasteiger partial charge < -0.3 is 20.1 Å². The van der Waals surface area contributed by atoms with E-state index in [2.05, 4.69) is 0 Å². The predicted molar refractivity (Wildman–Crippen MR) is 92.0 cm³/mol. The molecule has 1 aliphatic rings. The molecule has 0 spiro atoms. The van der Waals surface area contributed by atoms with Crippen LogP contribution in [0.3, 0.4) is 0 Å². The zero-order valence-electron chi connectivity index (χ0n) is 14.2. The number of anilines is 1. The van der Waals surface area contributed by atoms with Gasteiger partial charge in [-0.1, -0.05) is 11.6 Å². The summed E-state index contributed by atoms with van der Waals surface area (Å²) in [7, 11) is 0. The third-order valence-electron chi connectivity index (χ3n) is 3.73. The topological polar surface area (TPSA) is 64.8 Å². The van der Waals surface area contributed by atoms with Gasteiger partial charge in [-0.2, -0.15) is 0 Å². The molecule has 0 radical (unpaired) electrons. The zero-order valence-corrected chi connectivity index (χ0v) is 14.9. The molecule has 2 N–H and O–H groups in total. The molecule has 1 aliphatic heterocycles. The number of amides is 1. The normalized spacial score (nSPS) is 18.1. The molecule has 1 saturated heterocycles. The number of rotatable bonds is 3. The third kappa shape index (κ3) is 4.93. The molecule has 0 bridgehead atoms. The quantitative estimate of drug-likeness (QED) is 0.848. The number of halogens is 1. The number of ether oxygens (including phenoxy) is 2. The Morgan fingerprint density at radius 2 is 2.13 bits per heavy atom. The van der Waals surface area contributed by atoms with Crippen molar-refractivity contribution in [1.82, 2.24) is 4.90 Å². The number of benzene rings is 1. The number of hydrogen-bond acceptors (Lipinski definition) is 4. The van der Waals surface area contributed by atoms with Crippen molar-refractivity contribution in [2.45, 2.75) is 39.7 Å². The lowest BCUT2D eigenvalue weighted by molar-refractivity contribution is 0.0285. The minimum Gasteiger partial charge on any atom is -0.493 e. The Morgan fingerprint density at radius 3 is 2.78 bits per heavy atom. The molecule has 6 heteroatoms. The van der Waals surface area contributed by atoms with Crippen LogP contribution in [0.15, 0.2) is 12.1 Å². The Labute approximate surface area is 142 Å².